The van der Waals surface area contributed by atoms with Crippen molar-refractivity contribution in [2.45, 2.75) is 11.8 Å². The van der Waals surface area contributed by atoms with Gasteiger partial charge < -0.3 is 14.2 Å². The van der Waals surface area contributed by atoms with Crippen LogP contribution in [0.3, 0.4) is 0 Å². The topological polar surface area (TPSA) is 96.7 Å². The van der Waals surface area contributed by atoms with Gasteiger partial charge >= 0.3 is 5.97 Å². The van der Waals surface area contributed by atoms with E-state index in [0.717, 1.165) is 16.7 Å². The number of rotatable bonds is 8. The highest BCUT2D eigenvalue weighted by Crippen LogP contribution is 2.37. The fraction of sp³-hybridized carbons (Fsp3) is 0.133. The maximum absolute atomic E-state index is 13.6. The van der Waals surface area contributed by atoms with Crippen molar-refractivity contribution in [1.29, 1.82) is 0 Å². The molecule has 2 aromatic heterocycles. The molecule has 0 radical (unpaired) electrons. The zero-order chi connectivity index (χ0) is 27.6. The van der Waals surface area contributed by atoms with Gasteiger partial charge in [0.2, 0.25) is 0 Å². The van der Waals surface area contributed by atoms with Gasteiger partial charge in [0.1, 0.15) is 0 Å². The zero-order valence-electron chi connectivity index (χ0n) is 21.6. The Hall–Kier alpha value is -4.63. The molecule has 2 heterocycles. The number of carbonyl (C=O) groups is 1. The summed E-state index contributed by atoms with van der Waals surface area (Å²) in [6, 6.07) is 22.5. The minimum atomic E-state index is -3.94. The predicted molar refractivity (Wildman–Crippen MR) is 149 cm³/mol. The number of esters is 1. The number of ether oxygens (including phenoxy) is 3. The van der Waals surface area contributed by atoms with Crippen LogP contribution < -0.4 is 9.47 Å². The van der Waals surface area contributed by atoms with Gasteiger partial charge in [0.15, 0.2) is 17.1 Å². The molecule has 0 aliphatic heterocycles. The summed E-state index contributed by atoms with van der Waals surface area (Å²) in [4.78, 5) is 16.9. The lowest BCUT2D eigenvalue weighted by Crippen LogP contribution is -2.12. The summed E-state index contributed by atoms with van der Waals surface area (Å²) >= 11 is 0. The SMILES string of the molecule is CCOC(=O)c1ccc(-c2cn(S(=O)(=O)c3ccccc3)c3ncc(-c4ccc(OC)c(OC)c4)cc23)cc1. The summed E-state index contributed by atoms with van der Waals surface area (Å²) in [5, 5.41) is 0.630. The summed E-state index contributed by atoms with van der Waals surface area (Å²) in [7, 11) is -0.800. The Balaban J connectivity index is 1.70. The van der Waals surface area contributed by atoms with E-state index < -0.39 is 16.0 Å². The fourth-order valence-corrected chi connectivity index (χ4v) is 5.72. The Labute approximate surface area is 226 Å². The van der Waals surface area contributed by atoms with E-state index in [-0.39, 0.29) is 17.1 Å². The Morgan fingerprint density at radius 1 is 0.846 bits per heavy atom. The zero-order valence-corrected chi connectivity index (χ0v) is 22.4. The molecule has 8 nitrogen and oxygen atoms in total. The molecule has 0 saturated heterocycles. The van der Waals surface area contributed by atoms with E-state index in [9.17, 15) is 13.2 Å². The normalized spacial score (nSPS) is 11.4. The maximum atomic E-state index is 13.6. The molecule has 0 saturated carbocycles. The summed E-state index contributed by atoms with van der Waals surface area (Å²) in [5.41, 5.74) is 3.65. The van der Waals surface area contributed by atoms with Gasteiger partial charge in [-0.1, -0.05) is 36.4 Å². The summed E-state index contributed by atoms with van der Waals surface area (Å²) in [6.07, 6.45) is 3.20. The molecule has 198 valence electrons. The first-order chi connectivity index (χ1) is 18.9. The number of hydrogen-bond acceptors (Lipinski definition) is 7. The number of carbonyl (C=O) groups excluding carboxylic acids is 1. The van der Waals surface area contributed by atoms with Gasteiger partial charge in [-0.05, 0) is 60.5 Å². The van der Waals surface area contributed by atoms with Gasteiger partial charge in [0.05, 0.1) is 31.3 Å². The van der Waals surface area contributed by atoms with Crippen LogP contribution in [0, 0.1) is 0 Å². The van der Waals surface area contributed by atoms with E-state index >= 15 is 0 Å². The second-order valence-corrected chi connectivity index (χ2v) is 10.4. The van der Waals surface area contributed by atoms with Crippen molar-refractivity contribution in [2.75, 3.05) is 20.8 Å². The second-order valence-electron chi connectivity index (χ2n) is 8.62. The number of hydrogen-bond donors (Lipinski definition) is 0. The molecule has 39 heavy (non-hydrogen) atoms. The standard InChI is InChI=1S/C30H26N2O6S/c1-4-38-30(33)21-12-10-20(11-13-21)26-19-32(39(34,35)24-8-6-5-7-9-24)29-25(26)16-23(18-31-29)22-14-15-27(36-2)28(17-22)37-3/h5-19H,4H2,1-3H3. The van der Waals surface area contributed by atoms with Gasteiger partial charge in [-0.25, -0.2) is 22.2 Å². The lowest BCUT2D eigenvalue weighted by Gasteiger charge is -2.10. The predicted octanol–water partition coefficient (Wildman–Crippen LogP) is 5.80. The molecule has 0 aliphatic rings. The van der Waals surface area contributed by atoms with Crippen LogP contribution in [0.2, 0.25) is 0 Å². The van der Waals surface area contributed by atoms with Crippen LogP contribution in [0.5, 0.6) is 11.5 Å². The van der Waals surface area contributed by atoms with Gasteiger partial charge in [-0.3, -0.25) is 0 Å². The van der Waals surface area contributed by atoms with Crippen LogP contribution in [-0.2, 0) is 14.8 Å². The number of nitrogens with zero attached hydrogens (tertiary/aromatic N) is 2. The Morgan fingerprint density at radius 3 is 2.21 bits per heavy atom. The third-order valence-electron chi connectivity index (χ3n) is 6.34. The lowest BCUT2D eigenvalue weighted by molar-refractivity contribution is 0.0526. The van der Waals surface area contributed by atoms with E-state index in [4.69, 9.17) is 14.2 Å². The second kappa shape index (κ2) is 10.6. The van der Waals surface area contributed by atoms with E-state index in [2.05, 4.69) is 4.98 Å². The van der Waals surface area contributed by atoms with Crippen molar-refractivity contribution in [3.8, 4) is 33.8 Å². The third kappa shape index (κ3) is 4.84. The molecule has 0 atom stereocenters. The van der Waals surface area contributed by atoms with Crippen molar-refractivity contribution in [1.82, 2.24) is 8.96 Å². The minimum Gasteiger partial charge on any atom is -0.493 e. The Kier molecular flexibility index (Phi) is 7.08. The first-order valence-electron chi connectivity index (χ1n) is 12.2. The van der Waals surface area contributed by atoms with E-state index in [1.807, 2.05) is 18.2 Å². The molecule has 0 aliphatic carbocycles. The van der Waals surface area contributed by atoms with Gasteiger partial charge in [0, 0.05) is 28.9 Å². The van der Waals surface area contributed by atoms with Crippen molar-refractivity contribution in [3.05, 3.63) is 96.8 Å². The molecular formula is C30H26N2O6S. The number of aromatic nitrogens is 2. The lowest BCUT2D eigenvalue weighted by atomic mass is 10.0. The first-order valence-corrected chi connectivity index (χ1v) is 13.6. The molecule has 5 aromatic rings. The molecule has 9 heteroatoms. The smallest absolute Gasteiger partial charge is 0.338 e. The summed E-state index contributed by atoms with van der Waals surface area (Å²) < 4.78 is 44.4. The summed E-state index contributed by atoms with van der Waals surface area (Å²) in [5.74, 6) is 0.738. The molecule has 0 bridgehead atoms. The van der Waals surface area contributed by atoms with E-state index in [0.29, 0.717) is 28.0 Å². The number of fused-ring (bicyclic) bond motifs is 1. The van der Waals surface area contributed by atoms with E-state index in [1.54, 1.807) is 94.2 Å². The molecular weight excluding hydrogens is 516 g/mol. The largest absolute Gasteiger partial charge is 0.493 e. The number of pyridine rings is 1. The van der Waals surface area contributed by atoms with Gasteiger partial charge in [0.25, 0.3) is 10.0 Å². The molecule has 0 fully saturated rings. The maximum Gasteiger partial charge on any atom is 0.338 e. The first kappa shape index (κ1) is 26.0. The minimum absolute atomic E-state index is 0.150. The van der Waals surface area contributed by atoms with Crippen molar-refractivity contribution < 1.29 is 27.4 Å². The highest BCUT2D eigenvalue weighted by molar-refractivity contribution is 7.90. The molecule has 0 amide bonds. The fourth-order valence-electron chi connectivity index (χ4n) is 4.37. The molecule has 0 spiro atoms. The van der Waals surface area contributed by atoms with Crippen LogP contribution >= 0.6 is 0 Å². The number of benzene rings is 3. The van der Waals surface area contributed by atoms with Gasteiger partial charge in [-0.15, -0.1) is 0 Å². The average molecular weight is 543 g/mol. The quantitative estimate of drug-likeness (QED) is 0.229. The third-order valence-corrected chi connectivity index (χ3v) is 8.00. The van der Waals surface area contributed by atoms with Crippen molar-refractivity contribution in [2.24, 2.45) is 0 Å². The molecule has 5 rings (SSSR count). The highest BCUT2D eigenvalue weighted by atomic mass is 32.2. The van der Waals surface area contributed by atoms with Crippen LogP contribution in [0.15, 0.2) is 96.2 Å². The van der Waals surface area contributed by atoms with E-state index in [1.165, 1.54) is 3.97 Å². The van der Waals surface area contributed by atoms with Crippen LogP contribution in [0.1, 0.15) is 17.3 Å². The Morgan fingerprint density at radius 2 is 1.54 bits per heavy atom. The molecule has 0 N–H and O–H groups in total. The van der Waals surface area contributed by atoms with Crippen LogP contribution in [0.4, 0.5) is 0 Å². The number of methoxy groups -OCH3 is 2. The van der Waals surface area contributed by atoms with Crippen LogP contribution in [-0.4, -0.2) is 44.2 Å². The highest BCUT2D eigenvalue weighted by Gasteiger charge is 2.23. The van der Waals surface area contributed by atoms with Crippen molar-refractivity contribution >= 4 is 27.0 Å². The average Bonchev–Trinajstić information content (AvgIpc) is 3.37. The monoisotopic (exact) mass is 542 g/mol. The van der Waals surface area contributed by atoms with Crippen LogP contribution in [0.25, 0.3) is 33.3 Å². The molecule has 0 unspecified atom stereocenters. The van der Waals surface area contributed by atoms with Gasteiger partial charge in [-0.2, -0.15) is 0 Å². The summed E-state index contributed by atoms with van der Waals surface area (Å²) in [6.45, 7) is 2.02. The van der Waals surface area contributed by atoms with Crippen molar-refractivity contribution in [3.63, 3.8) is 0 Å². The Bertz CT molecular complexity index is 1760. The molecule has 3 aromatic carbocycles.